The van der Waals surface area contributed by atoms with Gasteiger partial charge in [0.2, 0.25) is 0 Å². The molecule has 1 atom stereocenters. The summed E-state index contributed by atoms with van der Waals surface area (Å²) in [7, 11) is 0. The minimum absolute atomic E-state index is 0.0175. The summed E-state index contributed by atoms with van der Waals surface area (Å²) in [6.07, 6.45) is 1.91. The molecule has 3 rings (SSSR count). The number of hydrogen-bond acceptors (Lipinski definition) is 6. The number of aryl methyl sites for hydroxylation is 1. The number of ether oxygens (including phenoxy) is 2. The monoisotopic (exact) mass is 339 g/mol. The Hall–Kier alpha value is -3.14. The Morgan fingerprint density at radius 2 is 2.28 bits per heavy atom. The Labute approximate surface area is 144 Å². The Morgan fingerprint density at radius 1 is 1.52 bits per heavy atom. The molecule has 0 N–H and O–H groups in total. The Morgan fingerprint density at radius 3 is 2.92 bits per heavy atom. The average Bonchev–Trinajstić information content (AvgIpc) is 2.97. The first-order valence-electron chi connectivity index (χ1n) is 7.77. The van der Waals surface area contributed by atoms with Crippen LogP contribution in [0.1, 0.15) is 41.2 Å². The minimum atomic E-state index is -0.935. The standard InChI is InChI=1S/C18H17N3O4/c1-11-6-14(5-4-13(11)8-19)21-10-20-15-7-18(3,9-24-12(2)22)25-17(23)16(15)21/h4-6,10H,7,9H2,1-3H3. The van der Waals surface area contributed by atoms with Crippen molar-refractivity contribution in [3.8, 4) is 11.8 Å². The SMILES string of the molecule is CC(=O)OCC1(C)Cc2ncn(-c3ccc(C#N)c(C)c3)c2C(=O)O1. The average molecular weight is 339 g/mol. The summed E-state index contributed by atoms with van der Waals surface area (Å²) in [6, 6.07) is 7.40. The van der Waals surface area contributed by atoms with Gasteiger partial charge < -0.3 is 9.47 Å². The maximum absolute atomic E-state index is 12.5. The van der Waals surface area contributed by atoms with E-state index >= 15 is 0 Å². The predicted octanol–water partition coefficient (Wildman–Crippen LogP) is 2.09. The number of rotatable bonds is 3. The summed E-state index contributed by atoms with van der Waals surface area (Å²) < 4.78 is 12.2. The van der Waals surface area contributed by atoms with Gasteiger partial charge in [0.1, 0.15) is 18.5 Å². The van der Waals surface area contributed by atoms with Gasteiger partial charge in [-0.1, -0.05) is 0 Å². The first kappa shape index (κ1) is 16.7. The molecule has 1 aromatic carbocycles. The zero-order valence-corrected chi connectivity index (χ0v) is 14.2. The summed E-state index contributed by atoms with van der Waals surface area (Å²) in [4.78, 5) is 27.9. The van der Waals surface area contributed by atoms with Gasteiger partial charge in [0.15, 0.2) is 5.69 Å². The minimum Gasteiger partial charge on any atom is -0.462 e. The molecule has 0 saturated heterocycles. The molecule has 1 aliphatic rings. The molecule has 0 aliphatic carbocycles. The van der Waals surface area contributed by atoms with Crippen LogP contribution in [-0.2, 0) is 20.7 Å². The quantitative estimate of drug-likeness (QED) is 0.795. The van der Waals surface area contributed by atoms with E-state index in [1.165, 1.54) is 6.92 Å². The molecule has 2 heterocycles. The molecule has 7 heteroatoms. The molecule has 0 bridgehead atoms. The van der Waals surface area contributed by atoms with Gasteiger partial charge >= 0.3 is 11.9 Å². The van der Waals surface area contributed by atoms with Crippen molar-refractivity contribution in [2.24, 2.45) is 0 Å². The Balaban J connectivity index is 1.95. The van der Waals surface area contributed by atoms with Crippen LogP contribution >= 0.6 is 0 Å². The number of imidazole rings is 1. The fourth-order valence-corrected chi connectivity index (χ4v) is 2.85. The fraction of sp³-hybridized carbons (Fsp3) is 0.333. The van der Waals surface area contributed by atoms with Crippen molar-refractivity contribution in [1.29, 1.82) is 5.26 Å². The molecule has 2 aromatic rings. The van der Waals surface area contributed by atoms with Gasteiger partial charge in [-0.05, 0) is 37.6 Å². The summed E-state index contributed by atoms with van der Waals surface area (Å²) in [5, 5.41) is 9.04. The van der Waals surface area contributed by atoms with Crippen molar-refractivity contribution in [3.63, 3.8) is 0 Å². The number of cyclic esters (lactones) is 1. The third kappa shape index (κ3) is 3.11. The van der Waals surface area contributed by atoms with Crippen LogP contribution in [-0.4, -0.2) is 33.7 Å². The maximum atomic E-state index is 12.5. The third-order valence-corrected chi connectivity index (χ3v) is 4.11. The second kappa shape index (κ2) is 6.06. The third-order valence-electron chi connectivity index (χ3n) is 4.11. The highest BCUT2D eigenvalue weighted by atomic mass is 16.6. The van der Waals surface area contributed by atoms with Gasteiger partial charge in [-0.25, -0.2) is 9.78 Å². The van der Waals surface area contributed by atoms with Crippen LogP contribution in [0.3, 0.4) is 0 Å². The van der Waals surface area contributed by atoms with E-state index in [0.29, 0.717) is 23.4 Å². The number of carbonyl (C=O) groups excluding carboxylic acids is 2. The zero-order valence-electron chi connectivity index (χ0n) is 14.2. The number of esters is 2. The summed E-state index contributed by atoms with van der Waals surface area (Å²) in [5.74, 6) is -0.947. The van der Waals surface area contributed by atoms with Crippen molar-refractivity contribution in [3.05, 3.63) is 47.0 Å². The number of fused-ring (bicyclic) bond motifs is 1. The second-order valence-electron chi connectivity index (χ2n) is 6.32. The van der Waals surface area contributed by atoms with Crippen molar-refractivity contribution in [2.45, 2.75) is 32.8 Å². The molecule has 0 fully saturated rings. The molecule has 1 aromatic heterocycles. The van der Waals surface area contributed by atoms with Crippen molar-refractivity contribution >= 4 is 11.9 Å². The lowest BCUT2D eigenvalue weighted by Crippen LogP contribution is -2.43. The molecule has 0 amide bonds. The number of benzene rings is 1. The first-order chi connectivity index (χ1) is 11.8. The summed E-state index contributed by atoms with van der Waals surface area (Å²) in [6.45, 7) is 4.83. The van der Waals surface area contributed by atoms with Crippen LogP contribution in [0.2, 0.25) is 0 Å². The maximum Gasteiger partial charge on any atom is 0.357 e. The summed E-state index contributed by atoms with van der Waals surface area (Å²) >= 11 is 0. The molecule has 128 valence electrons. The van der Waals surface area contributed by atoms with E-state index in [4.69, 9.17) is 14.7 Å². The van der Waals surface area contributed by atoms with Crippen LogP contribution in [0.25, 0.3) is 5.69 Å². The van der Waals surface area contributed by atoms with E-state index in [2.05, 4.69) is 11.1 Å². The van der Waals surface area contributed by atoms with Gasteiger partial charge in [0.25, 0.3) is 0 Å². The first-order valence-corrected chi connectivity index (χ1v) is 7.77. The number of nitriles is 1. The largest absolute Gasteiger partial charge is 0.462 e. The number of hydrogen-bond donors (Lipinski definition) is 0. The van der Waals surface area contributed by atoms with Gasteiger partial charge in [-0.15, -0.1) is 0 Å². The lowest BCUT2D eigenvalue weighted by atomic mass is 9.97. The van der Waals surface area contributed by atoms with E-state index in [1.54, 1.807) is 30.0 Å². The molecule has 0 radical (unpaired) electrons. The molecular weight excluding hydrogens is 322 g/mol. The number of aromatic nitrogens is 2. The van der Waals surface area contributed by atoms with Gasteiger partial charge in [-0.2, -0.15) is 5.26 Å². The van der Waals surface area contributed by atoms with E-state index in [0.717, 1.165) is 11.3 Å². The van der Waals surface area contributed by atoms with Crippen molar-refractivity contribution < 1.29 is 19.1 Å². The summed E-state index contributed by atoms with van der Waals surface area (Å²) in [5.41, 5.74) is 2.12. The normalized spacial score (nSPS) is 18.9. The molecule has 1 unspecified atom stereocenters. The van der Waals surface area contributed by atoms with Crippen molar-refractivity contribution in [2.75, 3.05) is 6.61 Å². The van der Waals surface area contributed by atoms with Crippen LogP contribution in [0.4, 0.5) is 0 Å². The topological polar surface area (TPSA) is 94.2 Å². The van der Waals surface area contributed by atoms with Crippen molar-refractivity contribution in [1.82, 2.24) is 9.55 Å². The van der Waals surface area contributed by atoms with Gasteiger partial charge in [0.05, 0.1) is 17.3 Å². The van der Waals surface area contributed by atoms with Crippen LogP contribution in [0, 0.1) is 18.3 Å². The molecule has 0 saturated carbocycles. The van der Waals surface area contributed by atoms with Crippen LogP contribution < -0.4 is 0 Å². The lowest BCUT2D eigenvalue weighted by Gasteiger charge is -2.32. The second-order valence-corrected chi connectivity index (χ2v) is 6.32. The van der Waals surface area contributed by atoms with Crippen LogP contribution in [0.5, 0.6) is 0 Å². The van der Waals surface area contributed by atoms with E-state index < -0.39 is 17.5 Å². The van der Waals surface area contributed by atoms with E-state index in [9.17, 15) is 9.59 Å². The molecule has 25 heavy (non-hydrogen) atoms. The number of nitrogens with zero attached hydrogens (tertiary/aromatic N) is 3. The van der Waals surface area contributed by atoms with Crippen LogP contribution in [0.15, 0.2) is 24.5 Å². The Bertz CT molecular complexity index is 910. The molecule has 1 aliphatic heterocycles. The zero-order chi connectivity index (χ0) is 18.2. The molecular formula is C18H17N3O4. The van der Waals surface area contributed by atoms with E-state index in [-0.39, 0.29) is 6.61 Å². The number of carbonyl (C=O) groups is 2. The highest BCUT2D eigenvalue weighted by Crippen LogP contribution is 2.29. The Kier molecular flexibility index (Phi) is 4.05. The fourth-order valence-electron chi connectivity index (χ4n) is 2.85. The van der Waals surface area contributed by atoms with E-state index in [1.807, 2.05) is 13.0 Å². The van der Waals surface area contributed by atoms with Gasteiger partial charge in [0, 0.05) is 19.0 Å². The predicted molar refractivity (Wildman–Crippen MR) is 87.2 cm³/mol. The molecule has 0 spiro atoms. The highest BCUT2D eigenvalue weighted by Gasteiger charge is 2.40. The lowest BCUT2D eigenvalue weighted by molar-refractivity contribution is -0.148. The molecule has 7 nitrogen and oxygen atoms in total. The smallest absolute Gasteiger partial charge is 0.357 e. The highest BCUT2D eigenvalue weighted by molar-refractivity contribution is 5.91. The van der Waals surface area contributed by atoms with Gasteiger partial charge in [-0.3, -0.25) is 9.36 Å².